The number of benzene rings is 1. The summed E-state index contributed by atoms with van der Waals surface area (Å²) >= 11 is 0. The Kier molecular flexibility index (Phi) is 4.41. The molecule has 1 aromatic carbocycles. The Morgan fingerprint density at radius 2 is 1.94 bits per heavy atom. The number of quaternary nitrogens is 1. The van der Waals surface area contributed by atoms with E-state index in [4.69, 9.17) is 0 Å². The van der Waals surface area contributed by atoms with Gasteiger partial charge in [-0.05, 0) is 25.3 Å². The lowest BCUT2D eigenvalue weighted by Crippen LogP contribution is -3.07. The predicted octanol–water partition coefficient (Wildman–Crippen LogP) is -0.837. The van der Waals surface area contributed by atoms with E-state index in [0.717, 1.165) is 5.92 Å². The Morgan fingerprint density at radius 3 is 2.76 bits per heavy atom. The lowest BCUT2D eigenvalue weighted by Gasteiger charge is -2.19. The van der Waals surface area contributed by atoms with Crippen LogP contribution in [0, 0.1) is 5.92 Å². The van der Waals surface area contributed by atoms with Crippen molar-refractivity contribution in [3.05, 3.63) is 47.7 Å². The minimum absolute atomic E-state index is 0. The van der Waals surface area contributed by atoms with E-state index < -0.39 is 0 Å². The molecule has 2 heteroatoms. The highest BCUT2D eigenvalue weighted by molar-refractivity contribution is 5.14. The van der Waals surface area contributed by atoms with Crippen LogP contribution in [0.2, 0.25) is 0 Å². The molecule has 0 amide bonds. The van der Waals surface area contributed by atoms with Gasteiger partial charge >= 0.3 is 0 Å². The normalized spacial score (nSPS) is 26.9. The molecule has 17 heavy (non-hydrogen) atoms. The topological polar surface area (TPSA) is 4.44 Å². The first-order chi connectivity index (χ1) is 7.93. The van der Waals surface area contributed by atoms with Gasteiger partial charge in [0, 0.05) is 17.9 Å². The average molecular weight is 294 g/mol. The maximum Gasteiger partial charge on any atom is 0.107 e. The number of nitrogens with one attached hydrogen (secondary N) is 1. The van der Waals surface area contributed by atoms with Crippen LogP contribution in [0.25, 0.3) is 0 Å². The predicted molar refractivity (Wildman–Crippen MR) is 66.0 cm³/mol. The summed E-state index contributed by atoms with van der Waals surface area (Å²) in [6.45, 7) is 2.52. The first-order valence-electron chi connectivity index (χ1n) is 6.52. The van der Waals surface area contributed by atoms with Crippen LogP contribution >= 0.6 is 0 Å². The number of fused-ring (bicyclic) bond motifs is 1. The molecule has 2 aliphatic rings. The van der Waals surface area contributed by atoms with Crippen molar-refractivity contribution < 1.29 is 21.9 Å². The molecule has 1 heterocycles. The highest BCUT2D eigenvalue weighted by Gasteiger charge is 2.33. The molecule has 0 aromatic heterocycles. The molecular formula is C15H20BrN. The van der Waals surface area contributed by atoms with Crippen LogP contribution in [0.15, 0.2) is 42.1 Å². The van der Waals surface area contributed by atoms with Gasteiger partial charge in [0.05, 0.1) is 6.54 Å². The van der Waals surface area contributed by atoms with Gasteiger partial charge in [0.1, 0.15) is 12.2 Å². The molecule has 2 unspecified atom stereocenters. The van der Waals surface area contributed by atoms with Crippen molar-refractivity contribution in [2.24, 2.45) is 5.92 Å². The van der Waals surface area contributed by atoms with Crippen molar-refractivity contribution >= 4 is 0 Å². The van der Waals surface area contributed by atoms with Crippen molar-refractivity contribution in [3.8, 4) is 0 Å². The van der Waals surface area contributed by atoms with Gasteiger partial charge in [-0.3, -0.25) is 0 Å². The number of hydrogen-bond donors (Lipinski definition) is 1. The largest absolute Gasteiger partial charge is 1.00 e. The molecule has 92 valence electrons. The Morgan fingerprint density at radius 1 is 1.12 bits per heavy atom. The van der Waals surface area contributed by atoms with E-state index in [1.807, 2.05) is 0 Å². The molecule has 1 aromatic rings. The minimum atomic E-state index is 0. The van der Waals surface area contributed by atoms with E-state index in [1.165, 1.54) is 44.3 Å². The molecular weight excluding hydrogens is 274 g/mol. The van der Waals surface area contributed by atoms with Crippen LogP contribution in [0.4, 0.5) is 0 Å². The van der Waals surface area contributed by atoms with Crippen molar-refractivity contribution in [2.75, 3.05) is 6.54 Å². The molecule has 0 saturated carbocycles. The van der Waals surface area contributed by atoms with Crippen LogP contribution in [0.1, 0.15) is 31.2 Å². The quantitative estimate of drug-likeness (QED) is 0.726. The molecule has 0 spiro atoms. The Balaban J connectivity index is 0.00000108. The minimum Gasteiger partial charge on any atom is -1.00 e. The number of halogens is 1. The molecule has 3 rings (SSSR count). The van der Waals surface area contributed by atoms with Crippen molar-refractivity contribution in [1.29, 1.82) is 0 Å². The smallest absolute Gasteiger partial charge is 0.107 e. The van der Waals surface area contributed by atoms with Crippen LogP contribution in [0.3, 0.4) is 0 Å². The SMILES string of the molecule is C1=C2C(CCC1)CC[NH+]2Cc1ccccc1.[Br-]. The van der Waals surface area contributed by atoms with E-state index in [1.54, 1.807) is 10.6 Å². The average Bonchev–Trinajstić information content (AvgIpc) is 2.74. The second kappa shape index (κ2) is 5.83. The van der Waals surface area contributed by atoms with Gasteiger partial charge in [-0.15, -0.1) is 0 Å². The van der Waals surface area contributed by atoms with Crippen LogP contribution in [-0.4, -0.2) is 6.54 Å². The maximum atomic E-state index is 2.51. The number of hydrogen-bond acceptors (Lipinski definition) is 0. The molecule has 1 nitrogen and oxygen atoms in total. The molecule has 1 aliphatic heterocycles. The summed E-state index contributed by atoms with van der Waals surface area (Å²) in [6.07, 6.45) is 8.08. The molecule has 1 N–H and O–H groups in total. The molecule has 1 aliphatic carbocycles. The van der Waals surface area contributed by atoms with Gasteiger partial charge in [-0.2, -0.15) is 0 Å². The van der Waals surface area contributed by atoms with E-state index in [2.05, 4.69) is 36.4 Å². The summed E-state index contributed by atoms with van der Waals surface area (Å²) < 4.78 is 0. The van der Waals surface area contributed by atoms with Gasteiger partial charge in [0.2, 0.25) is 0 Å². The van der Waals surface area contributed by atoms with Crippen molar-refractivity contribution in [1.82, 2.24) is 0 Å². The zero-order valence-corrected chi connectivity index (χ0v) is 11.7. The third-order valence-corrected chi connectivity index (χ3v) is 4.02. The number of rotatable bonds is 2. The third-order valence-electron chi connectivity index (χ3n) is 4.02. The fraction of sp³-hybridized carbons (Fsp3) is 0.467. The summed E-state index contributed by atoms with van der Waals surface area (Å²) in [5, 5.41) is 0. The summed E-state index contributed by atoms with van der Waals surface area (Å²) in [4.78, 5) is 1.72. The summed E-state index contributed by atoms with van der Waals surface area (Å²) in [7, 11) is 0. The van der Waals surface area contributed by atoms with Gasteiger partial charge in [-0.1, -0.05) is 30.3 Å². The highest BCUT2D eigenvalue weighted by atomic mass is 79.9. The maximum absolute atomic E-state index is 2.51. The van der Waals surface area contributed by atoms with Crippen molar-refractivity contribution in [2.45, 2.75) is 32.2 Å². The number of likely N-dealkylation sites (tertiary alicyclic amines) is 1. The molecule has 1 saturated heterocycles. The second-order valence-electron chi connectivity index (χ2n) is 5.09. The summed E-state index contributed by atoms with van der Waals surface area (Å²) in [6, 6.07) is 10.9. The standard InChI is InChI=1S/C15H19N.BrH/c1-2-6-13(7-3-1)12-16-11-10-14-8-4-5-9-15(14)16;/h1-3,6-7,9,14H,4-5,8,10-12H2;1H. The zero-order valence-electron chi connectivity index (χ0n) is 10.2. The molecule has 1 fully saturated rings. The third kappa shape index (κ3) is 2.80. The molecule has 0 bridgehead atoms. The van der Waals surface area contributed by atoms with Gasteiger partial charge in [-0.25, -0.2) is 0 Å². The first-order valence-corrected chi connectivity index (χ1v) is 6.52. The van der Waals surface area contributed by atoms with Gasteiger partial charge < -0.3 is 21.9 Å². The molecule has 0 radical (unpaired) electrons. The van der Waals surface area contributed by atoms with E-state index in [0.29, 0.717) is 0 Å². The Bertz CT molecular complexity index is 385. The van der Waals surface area contributed by atoms with E-state index >= 15 is 0 Å². The van der Waals surface area contributed by atoms with Crippen LogP contribution < -0.4 is 21.9 Å². The van der Waals surface area contributed by atoms with E-state index in [9.17, 15) is 0 Å². The fourth-order valence-corrected chi connectivity index (χ4v) is 3.20. The zero-order chi connectivity index (χ0) is 10.8. The summed E-state index contributed by atoms with van der Waals surface area (Å²) in [5.41, 5.74) is 3.19. The lowest BCUT2D eigenvalue weighted by molar-refractivity contribution is -0.866. The lowest BCUT2D eigenvalue weighted by atomic mass is 9.92. The monoisotopic (exact) mass is 293 g/mol. The summed E-state index contributed by atoms with van der Waals surface area (Å²) in [5.74, 6) is 0.910. The van der Waals surface area contributed by atoms with Gasteiger partial charge in [0.25, 0.3) is 0 Å². The second-order valence-corrected chi connectivity index (χ2v) is 5.09. The fourth-order valence-electron chi connectivity index (χ4n) is 3.20. The molecule has 2 atom stereocenters. The Labute approximate surface area is 114 Å². The van der Waals surface area contributed by atoms with Crippen LogP contribution in [0.5, 0.6) is 0 Å². The van der Waals surface area contributed by atoms with Gasteiger partial charge in [0.15, 0.2) is 0 Å². The Hall–Kier alpha value is -0.600. The number of allylic oxidation sites excluding steroid dienone is 2. The first kappa shape index (κ1) is 12.8. The van der Waals surface area contributed by atoms with Crippen LogP contribution in [-0.2, 0) is 6.54 Å². The van der Waals surface area contributed by atoms with Crippen molar-refractivity contribution in [3.63, 3.8) is 0 Å². The highest BCUT2D eigenvalue weighted by Crippen LogP contribution is 2.26. The van der Waals surface area contributed by atoms with E-state index in [-0.39, 0.29) is 17.0 Å².